The van der Waals surface area contributed by atoms with Crippen LogP contribution in [-0.4, -0.2) is 17.3 Å². The van der Waals surface area contributed by atoms with Gasteiger partial charge in [0.1, 0.15) is 23.7 Å². The van der Waals surface area contributed by atoms with Crippen molar-refractivity contribution >= 4 is 0 Å². The predicted octanol–water partition coefficient (Wildman–Crippen LogP) is 5.51. The minimum Gasteiger partial charge on any atom is -0.488 e. The van der Waals surface area contributed by atoms with Crippen molar-refractivity contribution in [1.29, 1.82) is 0 Å². The van der Waals surface area contributed by atoms with Crippen LogP contribution < -0.4 is 9.47 Å². The second-order valence-electron chi connectivity index (χ2n) is 9.51. The smallest absolute Gasteiger partial charge is 0.127 e. The topological polar surface area (TPSA) is 38.7 Å². The molecule has 2 aromatic rings. The van der Waals surface area contributed by atoms with Crippen LogP contribution in [0.2, 0.25) is 0 Å². The van der Waals surface area contributed by atoms with E-state index in [9.17, 15) is 5.11 Å². The molecule has 0 fully saturated rings. The third-order valence-corrected chi connectivity index (χ3v) is 5.41. The van der Waals surface area contributed by atoms with Crippen molar-refractivity contribution in [3.63, 3.8) is 0 Å². The van der Waals surface area contributed by atoms with E-state index in [0.717, 1.165) is 41.9 Å². The van der Waals surface area contributed by atoms with Crippen LogP contribution in [0.25, 0.3) is 0 Å². The summed E-state index contributed by atoms with van der Waals surface area (Å²) in [6.45, 7) is 13.9. The van der Waals surface area contributed by atoms with Gasteiger partial charge in [-0.25, -0.2) is 0 Å². The zero-order valence-corrected chi connectivity index (χ0v) is 18.2. The first-order valence-corrected chi connectivity index (χ1v) is 10.3. The maximum absolute atomic E-state index is 9.40. The summed E-state index contributed by atoms with van der Waals surface area (Å²) >= 11 is 0. The number of aliphatic hydroxyl groups is 1. The summed E-state index contributed by atoms with van der Waals surface area (Å²) in [6, 6.07) is 10.3. The quantitative estimate of drug-likeness (QED) is 0.716. The molecule has 0 aliphatic carbocycles. The van der Waals surface area contributed by atoms with Crippen LogP contribution in [0.3, 0.4) is 0 Å². The average Bonchev–Trinajstić information content (AvgIpc) is 2.93. The summed E-state index contributed by atoms with van der Waals surface area (Å²) in [5.74, 6) is 2.01. The molecule has 0 atom stereocenters. The van der Waals surface area contributed by atoms with Crippen molar-refractivity contribution in [2.24, 2.45) is 0 Å². The molecule has 2 aromatic carbocycles. The van der Waals surface area contributed by atoms with Gasteiger partial charge in [-0.1, -0.05) is 51.1 Å². The minimum atomic E-state index is -0.221. The summed E-state index contributed by atoms with van der Waals surface area (Å²) in [5, 5.41) is 9.40. The monoisotopic (exact) mass is 382 g/mol. The maximum Gasteiger partial charge on any atom is 0.127 e. The number of hydrogen-bond donors (Lipinski definition) is 1. The van der Waals surface area contributed by atoms with Gasteiger partial charge in [-0.15, -0.1) is 0 Å². The number of ether oxygens (including phenoxy) is 2. The van der Waals surface area contributed by atoms with Crippen molar-refractivity contribution in [2.45, 2.75) is 78.4 Å². The molecule has 28 heavy (non-hydrogen) atoms. The molecule has 0 radical (unpaired) electrons. The molecule has 0 saturated heterocycles. The molecule has 1 heterocycles. The molecule has 152 valence electrons. The standard InChI is InChI=1S/C25H34O3/c1-17-19(13-10-14-26)23-20(15-25(5,6)28-23)21(24(2,3)4)22(17)27-16-18-11-8-7-9-12-18/h7-9,11-12,26H,10,13-16H2,1-6H3. The number of aliphatic hydroxyl groups excluding tert-OH is 1. The molecule has 0 saturated carbocycles. The van der Waals surface area contributed by atoms with Crippen LogP contribution in [0, 0.1) is 6.92 Å². The van der Waals surface area contributed by atoms with Crippen molar-refractivity contribution in [3.05, 3.63) is 58.1 Å². The van der Waals surface area contributed by atoms with Gasteiger partial charge in [0.05, 0.1) is 0 Å². The molecule has 1 aliphatic rings. The van der Waals surface area contributed by atoms with Crippen molar-refractivity contribution < 1.29 is 14.6 Å². The van der Waals surface area contributed by atoms with E-state index in [0.29, 0.717) is 6.61 Å². The third-order valence-electron chi connectivity index (χ3n) is 5.41. The molecule has 1 aliphatic heterocycles. The average molecular weight is 383 g/mol. The molecule has 0 aromatic heterocycles. The highest BCUT2D eigenvalue weighted by Crippen LogP contribution is 2.50. The Bertz CT molecular complexity index is 829. The van der Waals surface area contributed by atoms with Crippen LogP contribution in [0.4, 0.5) is 0 Å². The lowest BCUT2D eigenvalue weighted by Crippen LogP contribution is -2.25. The predicted molar refractivity (Wildman–Crippen MR) is 114 cm³/mol. The Morgan fingerprint density at radius 2 is 1.82 bits per heavy atom. The first-order valence-electron chi connectivity index (χ1n) is 10.3. The Hall–Kier alpha value is -2.00. The first kappa shape index (κ1) is 20.7. The summed E-state index contributed by atoms with van der Waals surface area (Å²) in [6.07, 6.45) is 2.40. The van der Waals surface area contributed by atoms with Crippen LogP contribution in [0.15, 0.2) is 30.3 Å². The van der Waals surface area contributed by atoms with Crippen molar-refractivity contribution in [3.8, 4) is 11.5 Å². The second kappa shape index (κ2) is 7.79. The van der Waals surface area contributed by atoms with Gasteiger partial charge in [0.25, 0.3) is 0 Å². The number of fused-ring (bicyclic) bond motifs is 1. The fraction of sp³-hybridized carbons (Fsp3) is 0.520. The Kier molecular flexibility index (Phi) is 5.77. The maximum atomic E-state index is 9.40. The highest BCUT2D eigenvalue weighted by Gasteiger charge is 2.39. The zero-order valence-electron chi connectivity index (χ0n) is 18.2. The molecule has 0 bridgehead atoms. The van der Waals surface area contributed by atoms with Gasteiger partial charge < -0.3 is 14.6 Å². The lowest BCUT2D eigenvalue weighted by molar-refractivity contribution is 0.137. The van der Waals surface area contributed by atoms with Gasteiger partial charge in [0.15, 0.2) is 0 Å². The fourth-order valence-electron chi connectivity index (χ4n) is 4.22. The number of benzene rings is 2. The van der Waals surface area contributed by atoms with Gasteiger partial charge in [0.2, 0.25) is 0 Å². The molecular formula is C25H34O3. The van der Waals surface area contributed by atoms with E-state index in [1.807, 2.05) is 18.2 Å². The highest BCUT2D eigenvalue weighted by atomic mass is 16.5. The van der Waals surface area contributed by atoms with Gasteiger partial charge in [0, 0.05) is 29.7 Å². The summed E-state index contributed by atoms with van der Waals surface area (Å²) in [7, 11) is 0. The lowest BCUT2D eigenvalue weighted by Gasteiger charge is -2.29. The molecule has 1 N–H and O–H groups in total. The van der Waals surface area contributed by atoms with E-state index in [-0.39, 0.29) is 17.6 Å². The lowest BCUT2D eigenvalue weighted by atomic mass is 9.78. The van der Waals surface area contributed by atoms with Gasteiger partial charge in [-0.05, 0) is 50.2 Å². The summed E-state index contributed by atoms with van der Waals surface area (Å²) in [4.78, 5) is 0. The Balaban J connectivity index is 2.13. The summed E-state index contributed by atoms with van der Waals surface area (Å²) < 4.78 is 12.9. The molecule has 3 heteroatoms. The van der Waals surface area contributed by atoms with Crippen LogP contribution >= 0.6 is 0 Å². The highest BCUT2D eigenvalue weighted by molar-refractivity contribution is 5.63. The van der Waals surface area contributed by atoms with Gasteiger partial charge >= 0.3 is 0 Å². The van der Waals surface area contributed by atoms with E-state index in [1.165, 1.54) is 16.7 Å². The normalized spacial score (nSPS) is 15.2. The van der Waals surface area contributed by atoms with Crippen molar-refractivity contribution in [2.75, 3.05) is 6.61 Å². The minimum absolute atomic E-state index is 0.0554. The summed E-state index contributed by atoms with van der Waals surface area (Å²) in [5.41, 5.74) is 5.75. The second-order valence-corrected chi connectivity index (χ2v) is 9.51. The molecule has 3 rings (SSSR count). The molecule has 3 nitrogen and oxygen atoms in total. The SMILES string of the molecule is Cc1c(CCCO)c2c(c(C(C)(C)C)c1OCc1ccccc1)CC(C)(C)O2. The van der Waals surface area contributed by atoms with Crippen molar-refractivity contribution in [1.82, 2.24) is 0 Å². The van der Waals surface area contributed by atoms with E-state index in [2.05, 4.69) is 53.7 Å². The van der Waals surface area contributed by atoms with Gasteiger partial charge in [-0.3, -0.25) is 0 Å². The van der Waals surface area contributed by atoms with Crippen LogP contribution in [-0.2, 0) is 24.9 Å². The Morgan fingerprint density at radius 3 is 2.43 bits per heavy atom. The van der Waals surface area contributed by atoms with E-state index >= 15 is 0 Å². The van der Waals surface area contributed by atoms with Crippen LogP contribution in [0.5, 0.6) is 11.5 Å². The van der Waals surface area contributed by atoms with Gasteiger partial charge in [-0.2, -0.15) is 0 Å². The van der Waals surface area contributed by atoms with Crippen LogP contribution in [0.1, 0.15) is 68.9 Å². The Labute approximate surface area is 169 Å². The number of rotatable bonds is 6. The Morgan fingerprint density at radius 1 is 1.14 bits per heavy atom. The fourth-order valence-corrected chi connectivity index (χ4v) is 4.22. The van der Waals surface area contributed by atoms with E-state index < -0.39 is 0 Å². The third kappa shape index (κ3) is 4.20. The first-order chi connectivity index (χ1) is 13.1. The van der Waals surface area contributed by atoms with E-state index in [4.69, 9.17) is 9.47 Å². The largest absolute Gasteiger partial charge is 0.488 e. The molecule has 0 amide bonds. The molecular weight excluding hydrogens is 348 g/mol. The number of hydrogen-bond acceptors (Lipinski definition) is 3. The molecule has 0 unspecified atom stereocenters. The molecule has 0 spiro atoms. The van der Waals surface area contributed by atoms with E-state index in [1.54, 1.807) is 0 Å². The zero-order chi connectivity index (χ0) is 20.5.